The van der Waals surface area contributed by atoms with E-state index < -0.39 is 0 Å². The molecule has 112 valence electrons. The highest BCUT2D eigenvalue weighted by atomic mass is 127. The number of rotatable bonds is 5. The van der Waals surface area contributed by atoms with E-state index >= 15 is 0 Å². The molecule has 0 fully saturated rings. The van der Waals surface area contributed by atoms with Crippen LogP contribution in [0, 0.1) is 0 Å². The highest BCUT2D eigenvalue weighted by Crippen LogP contribution is 2.11. The average molecular weight is 410 g/mol. The third kappa shape index (κ3) is 4.58. The second-order valence-electron chi connectivity index (χ2n) is 4.15. The van der Waals surface area contributed by atoms with Crippen molar-refractivity contribution in [2.45, 2.75) is 13.3 Å². The molecule has 6 nitrogen and oxygen atoms in total. The maximum absolute atomic E-state index is 11.5. The topological polar surface area (TPSA) is 66.8 Å². The fourth-order valence-corrected chi connectivity index (χ4v) is 2.50. The number of esters is 1. The summed E-state index contributed by atoms with van der Waals surface area (Å²) in [5, 5.41) is 5.94. The normalized spacial score (nSPS) is 13.7. The maximum Gasteiger partial charge on any atom is 0.357 e. The molecular weight excluding hydrogens is 391 g/mol. The molecule has 1 aromatic heterocycles. The fraction of sp³-hybridized carbons (Fsp3) is 0.583. The number of aromatic nitrogens is 1. The van der Waals surface area contributed by atoms with Crippen molar-refractivity contribution in [3.63, 3.8) is 0 Å². The smallest absolute Gasteiger partial charge is 0.357 e. The number of likely N-dealkylation sites (N-methyl/N-ethyl adjacent to an activating group) is 1. The Morgan fingerprint density at radius 1 is 1.60 bits per heavy atom. The highest BCUT2D eigenvalue weighted by Gasteiger charge is 2.13. The van der Waals surface area contributed by atoms with Gasteiger partial charge in [-0.3, -0.25) is 4.99 Å². The van der Waals surface area contributed by atoms with Gasteiger partial charge in [0.1, 0.15) is 0 Å². The first-order valence-corrected chi connectivity index (χ1v) is 7.19. The van der Waals surface area contributed by atoms with Crippen LogP contribution < -0.4 is 5.32 Å². The summed E-state index contributed by atoms with van der Waals surface area (Å²) in [5.74, 6) is 0.583. The van der Waals surface area contributed by atoms with Crippen molar-refractivity contribution in [3.8, 4) is 0 Å². The van der Waals surface area contributed by atoms with Crippen LogP contribution in [0.1, 0.15) is 22.4 Å². The standard InChI is InChI=1S/C12H18N4O2S.HI/c1-3-18-11(17)9-8-19-10(15-9)4-5-13-12-14-6-7-16(12)2;/h8H,3-7H2,1-2H3,(H,13,14);1H. The lowest BCUT2D eigenvalue weighted by Gasteiger charge is -2.14. The Morgan fingerprint density at radius 3 is 3.05 bits per heavy atom. The van der Waals surface area contributed by atoms with Crippen molar-refractivity contribution in [1.82, 2.24) is 15.2 Å². The van der Waals surface area contributed by atoms with E-state index in [1.165, 1.54) is 11.3 Å². The van der Waals surface area contributed by atoms with Crippen LogP contribution in [0.3, 0.4) is 0 Å². The summed E-state index contributed by atoms with van der Waals surface area (Å²) in [4.78, 5) is 22.2. The molecule has 8 heteroatoms. The van der Waals surface area contributed by atoms with Crippen LogP contribution in [-0.4, -0.2) is 55.1 Å². The van der Waals surface area contributed by atoms with Crippen molar-refractivity contribution in [2.24, 2.45) is 4.99 Å². The number of carbonyl (C=O) groups is 1. The first-order valence-electron chi connectivity index (χ1n) is 6.31. The molecule has 0 spiro atoms. The first-order chi connectivity index (χ1) is 9.20. The summed E-state index contributed by atoms with van der Waals surface area (Å²) in [6.45, 7) is 4.74. The predicted octanol–water partition coefficient (Wildman–Crippen LogP) is 1.37. The molecule has 0 saturated heterocycles. The SMILES string of the molecule is CCOC(=O)c1csc(CCNC2=NCCN2C)n1.I. The molecule has 0 atom stereocenters. The van der Waals surface area contributed by atoms with Gasteiger partial charge >= 0.3 is 5.97 Å². The molecule has 0 aliphatic carbocycles. The monoisotopic (exact) mass is 410 g/mol. The van der Waals surface area contributed by atoms with Gasteiger partial charge in [0.2, 0.25) is 0 Å². The number of ether oxygens (including phenoxy) is 1. The van der Waals surface area contributed by atoms with Crippen LogP contribution in [0.2, 0.25) is 0 Å². The maximum atomic E-state index is 11.5. The van der Waals surface area contributed by atoms with Gasteiger partial charge in [0.25, 0.3) is 0 Å². The van der Waals surface area contributed by atoms with Crippen molar-refractivity contribution >= 4 is 47.2 Å². The second-order valence-corrected chi connectivity index (χ2v) is 5.09. The van der Waals surface area contributed by atoms with Gasteiger partial charge in [-0.1, -0.05) is 0 Å². The van der Waals surface area contributed by atoms with Gasteiger partial charge in [-0.15, -0.1) is 35.3 Å². The molecule has 1 aliphatic rings. The Balaban J connectivity index is 0.00000200. The van der Waals surface area contributed by atoms with Gasteiger partial charge in [0, 0.05) is 31.9 Å². The Morgan fingerprint density at radius 2 is 2.40 bits per heavy atom. The van der Waals surface area contributed by atoms with Crippen molar-refractivity contribution in [1.29, 1.82) is 0 Å². The molecule has 0 bridgehead atoms. The van der Waals surface area contributed by atoms with E-state index in [9.17, 15) is 4.79 Å². The lowest BCUT2D eigenvalue weighted by atomic mass is 10.4. The molecule has 0 aromatic carbocycles. The third-order valence-corrected chi connectivity index (χ3v) is 3.63. The molecule has 1 aromatic rings. The number of hydrogen-bond acceptors (Lipinski definition) is 7. The summed E-state index contributed by atoms with van der Waals surface area (Å²) in [5.41, 5.74) is 0.400. The van der Waals surface area contributed by atoms with Crippen molar-refractivity contribution in [2.75, 3.05) is 33.3 Å². The minimum atomic E-state index is -0.349. The van der Waals surface area contributed by atoms with Crippen LogP contribution in [-0.2, 0) is 11.2 Å². The van der Waals surface area contributed by atoms with Crippen LogP contribution in [0.15, 0.2) is 10.4 Å². The van der Waals surface area contributed by atoms with E-state index in [0.717, 1.165) is 37.0 Å². The molecular formula is C12H19IN4O2S. The molecule has 0 amide bonds. The minimum absolute atomic E-state index is 0. The summed E-state index contributed by atoms with van der Waals surface area (Å²) >= 11 is 1.48. The Hall–Kier alpha value is -0.900. The molecule has 1 N–H and O–H groups in total. The molecule has 2 rings (SSSR count). The number of carbonyl (C=O) groups excluding carboxylic acids is 1. The van der Waals surface area contributed by atoms with Crippen LogP contribution in [0.4, 0.5) is 0 Å². The Labute approximate surface area is 139 Å². The van der Waals surface area contributed by atoms with Crippen LogP contribution in [0.5, 0.6) is 0 Å². The van der Waals surface area contributed by atoms with Gasteiger partial charge in [-0.25, -0.2) is 9.78 Å². The van der Waals surface area contributed by atoms with Gasteiger partial charge < -0.3 is 15.0 Å². The number of nitrogens with zero attached hydrogens (tertiary/aromatic N) is 3. The van der Waals surface area contributed by atoms with E-state index in [1.54, 1.807) is 12.3 Å². The van der Waals surface area contributed by atoms with Gasteiger partial charge in [0.05, 0.1) is 18.2 Å². The zero-order valence-electron chi connectivity index (χ0n) is 11.6. The predicted molar refractivity (Wildman–Crippen MR) is 90.1 cm³/mol. The Bertz CT molecular complexity index is 478. The van der Waals surface area contributed by atoms with E-state index in [-0.39, 0.29) is 29.9 Å². The number of halogens is 1. The van der Waals surface area contributed by atoms with Crippen LogP contribution in [0.25, 0.3) is 0 Å². The van der Waals surface area contributed by atoms with Crippen LogP contribution >= 0.6 is 35.3 Å². The second kappa shape index (κ2) is 8.40. The Kier molecular flexibility index (Phi) is 7.20. The molecule has 1 aliphatic heterocycles. The lowest BCUT2D eigenvalue weighted by molar-refractivity contribution is 0.0520. The first kappa shape index (κ1) is 17.2. The van der Waals surface area contributed by atoms with E-state index in [2.05, 4.69) is 20.2 Å². The lowest BCUT2D eigenvalue weighted by Crippen LogP contribution is -2.36. The average Bonchev–Trinajstić information content (AvgIpc) is 3.00. The number of aliphatic imine (C=N–C) groups is 1. The van der Waals surface area contributed by atoms with Gasteiger partial charge in [-0.2, -0.15) is 0 Å². The molecule has 0 radical (unpaired) electrons. The quantitative estimate of drug-likeness (QED) is 0.587. The summed E-state index contributed by atoms with van der Waals surface area (Å²) in [6.07, 6.45) is 0.775. The van der Waals surface area contributed by atoms with E-state index in [0.29, 0.717) is 12.3 Å². The molecule has 2 heterocycles. The van der Waals surface area contributed by atoms with Crippen molar-refractivity contribution in [3.05, 3.63) is 16.1 Å². The summed E-state index contributed by atoms with van der Waals surface area (Å²) in [7, 11) is 2.01. The molecule has 0 saturated carbocycles. The zero-order chi connectivity index (χ0) is 13.7. The number of nitrogens with one attached hydrogen (secondary N) is 1. The fourth-order valence-electron chi connectivity index (χ4n) is 1.73. The largest absolute Gasteiger partial charge is 0.461 e. The summed E-state index contributed by atoms with van der Waals surface area (Å²) < 4.78 is 4.90. The zero-order valence-corrected chi connectivity index (χ0v) is 14.7. The third-order valence-electron chi connectivity index (χ3n) is 2.72. The molecule has 20 heavy (non-hydrogen) atoms. The number of thiazole rings is 1. The number of guanidine groups is 1. The minimum Gasteiger partial charge on any atom is -0.461 e. The van der Waals surface area contributed by atoms with E-state index in [4.69, 9.17) is 4.74 Å². The number of hydrogen-bond donors (Lipinski definition) is 1. The van der Waals surface area contributed by atoms with Crippen molar-refractivity contribution < 1.29 is 9.53 Å². The molecule has 0 unspecified atom stereocenters. The van der Waals surface area contributed by atoms with E-state index in [1.807, 2.05) is 7.05 Å². The van der Waals surface area contributed by atoms with Gasteiger partial charge in [0.15, 0.2) is 11.7 Å². The van der Waals surface area contributed by atoms with Gasteiger partial charge in [-0.05, 0) is 6.92 Å². The summed E-state index contributed by atoms with van der Waals surface area (Å²) in [6, 6.07) is 0. The highest BCUT2D eigenvalue weighted by molar-refractivity contribution is 14.0.